The minimum absolute atomic E-state index is 0.161. The maximum Gasteiger partial charge on any atom is 0.417 e. The van der Waals surface area contributed by atoms with E-state index in [1.807, 2.05) is 13.0 Å². The number of rotatable bonds is 2. The van der Waals surface area contributed by atoms with Crippen LogP contribution in [0.25, 0.3) is 11.1 Å². The first-order valence-corrected chi connectivity index (χ1v) is 12.5. The van der Waals surface area contributed by atoms with Crippen LogP contribution in [0.5, 0.6) is 0 Å². The summed E-state index contributed by atoms with van der Waals surface area (Å²) in [5.74, 6) is -0.290. The number of fused-ring (bicyclic) bond motifs is 2. The third kappa shape index (κ3) is 3.04. The highest BCUT2D eigenvalue weighted by molar-refractivity contribution is 7.93. The lowest BCUT2D eigenvalue weighted by atomic mass is 9.70. The normalized spacial score (nSPS) is 20.9. The number of hydrogen-bond acceptors (Lipinski definition) is 4. The van der Waals surface area contributed by atoms with Gasteiger partial charge in [0, 0.05) is 6.07 Å². The van der Waals surface area contributed by atoms with Gasteiger partial charge >= 0.3 is 5.76 Å². The Morgan fingerprint density at radius 2 is 1.77 bits per heavy atom. The molecule has 1 fully saturated rings. The van der Waals surface area contributed by atoms with E-state index in [0.29, 0.717) is 11.4 Å². The number of aryl methyl sites for hydroxylation is 2. The number of hydrogen-bond donors (Lipinski definition) is 1. The fraction of sp³-hybridized carbons (Fsp3) is 0.458. The van der Waals surface area contributed by atoms with E-state index >= 15 is 0 Å². The van der Waals surface area contributed by atoms with Gasteiger partial charge in [-0.2, -0.15) is 0 Å². The van der Waals surface area contributed by atoms with E-state index in [-0.39, 0.29) is 10.5 Å². The predicted octanol–water partition coefficient (Wildman–Crippen LogP) is 5.14. The second-order valence-electron chi connectivity index (χ2n) is 9.29. The molecule has 2 aromatic carbocycles. The van der Waals surface area contributed by atoms with Crippen molar-refractivity contribution in [2.45, 2.75) is 75.6 Å². The number of nitrogens with one attached hydrogen (secondary N) is 1. The maximum atomic E-state index is 14.2. The fourth-order valence-electron chi connectivity index (χ4n) is 5.89. The van der Waals surface area contributed by atoms with Gasteiger partial charge in [-0.15, -0.1) is 0 Å². The van der Waals surface area contributed by atoms with Crippen LogP contribution in [-0.2, 0) is 10.0 Å². The molecule has 6 nitrogen and oxygen atoms in total. The van der Waals surface area contributed by atoms with Crippen molar-refractivity contribution in [2.75, 3.05) is 4.31 Å². The van der Waals surface area contributed by atoms with E-state index in [1.54, 1.807) is 16.4 Å². The number of aromatic amines is 1. The topological polar surface area (TPSA) is 83.4 Å². The molecule has 7 heteroatoms. The first kappa shape index (κ1) is 20.4. The summed E-state index contributed by atoms with van der Waals surface area (Å²) in [7, 11) is -3.87. The molecule has 31 heavy (non-hydrogen) atoms. The molecule has 1 saturated carbocycles. The van der Waals surface area contributed by atoms with Crippen LogP contribution < -0.4 is 10.1 Å². The number of sulfonamides is 1. The molecule has 2 aliphatic rings. The SMILES string of the molecule is Cc1ccc(C)c2c1C(C)CC1(CCCCC1)N2S(=O)(=O)c1ccc2[nH]c(=O)oc2c1. The lowest BCUT2D eigenvalue weighted by Crippen LogP contribution is -2.56. The Kier molecular flexibility index (Phi) is 4.59. The second kappa shape index (κ2) is 6.99. The van der Waals surface area contributed by atoms with Crippen LogP contribution in [0.4, 0.5) is 5.69 Å². The summed E-state index contributed by atoms with van der Waals surface area (Å²) in [6.45, 7) is 6.30. The summed E-state index contributed by atoms with van der Waals surface area (Å²) < 4.78 is 35.4. The Morgan fingerprint density at radius 1 is 1.06 bits per heavy atom. The third-order valence-corrected chi connectivity index (χ3v) is 9.06. The Bertz CT molecular complexity index is 1330. The lowest BCUT2D eigenvalue weighted by Gasteiger charge is -2.52. The van der Waals surface area contributed by atoms with Gasteiger partial charge in [-0.3, -0.25) is 9.29 Å². The third-order valence-electron chi connectivity index (χ3n) is 7.16. The van der Waals surface area contributed by atoms with Crippen LogP contribution in [-0.4, -0.2) is 18.9 Å². The van der Waals surface area contributed by atoms with E-state index in [9.17, 15) is 13.2 Å². The summed E-state index contributed by atoms with van der Waals surface area (Å²) in [5, 5.41) is 0. The average Bonchev–Trinajstić information content (AvgIpc) is 3.10. The van der Waals surface area contributed by atoms with Gasteiger partial charge in [0.15, 0.2) is 5.58 Å². The number of H-pyrrole nitrogens is 1. The highest BCUT2D eigenvalue weighted by Gasteiger charge is 2.50. The molecule has 1 unspecified atom stereocenters. The minimum Gasteiger partial charge on any atom is -0.408 e. The Morgan fingerprint density at radius 3 is 2.52 bits per heavy atom. The van der Waals surface area contributed by atoms with Crippen molar-refractivity contribution in [3.63, 3.8) is 0 Å². The molecule has 0 bridgehead atoms. The van der Waals surface area contributed by atoms with Crippen molar-refractivity contribution in [2.24, 2.45) is 0 Å². The van der Waals surface area contributed by atoms with Gasteiger partial charge in [0.25, 0.3) is 10.0 Å². The number of oxazole rings is 1. The first-order chi connectivity index (χ1) is 14.7. The van der Waals surface area contributed by atoms with Crippen LogP contribution in [0.15, 0.2) is 44.4 Å². The zero-order chi connectivity index (χ0) is 22.0. The van der Waals surface area contributed by atoms with Gasteiger partial charge in [0.1, 0.15) is 0 Å². The van der Waals surface area contributed by atoms with E-state index in [4.69, 9.17) is 4.42 Å². The average molecular weight is 441 g/mol. The van der Waals surface area contributed by atoms with E-state index in [1.165, 1.54) is 6.07 Å². The maximum absolute atomic E-state index is 14.2. The summed E-state index contributed by atoms with van der Waals surface area (Å²) in [6.07, 6.45) is 5.76. The Labute approximate surface area is 182 Å². The molecular weight excluding hydrogens is 412 g/mol. The zero-order valence-corrected chi connectivity index (χ0v) is 19.0. The lowest BCUT2D eigenvalue weighted by molar-refractivity contribution is 0.257. The quantitative estimate of drug-likeness (QED) is 0.598. The summed E-state index contributed by atoms with van der Waals surface area (Å²) in [4.78, 5) is 14.3. The van der Waals surface area contributed by atoms with Crippen molar-refractivity contribution in [1.82, 2.24) is 4.98 Å². The molecule has 0 saturated heterocycles. The van der Waals surface area contributed by atoms with Crippen molar-refractivity contribution in [1.29, 1.82) is 0 Å². The molecule has 164 valence electrons. The van der Waals surface area contributed by atoms with Crippen molar-refractivity contribution < 1.29 is 12.8 Å². The van der Waals surface area contributed by atoms with Gasteiger partial charge in [-0.1, -0.05) is 38.3 Å². The van der Waals surface area contributed by atoms with Crippen LogP contribution >= 0.6 is 0 Å². The predicted molar refractivity (Wildman–Crippen MR) is 121 cm³/mol. The molecule has 5 rings (SSSR count). The molecule has 1 N–H and O–H groups in total. The molecule has 2 heterocycles. The molecule has 1 atom stereocenters. The summed E-state index contributed by atoms with van der Waals surface area (Å²) >= 11 is 0. The van der Waals surface area contributed by atoms with Gasteiger partial charge in [0.2, 0.25) is 0 Å². The first-order valence-electron chi connectivity index (χ1n) is 11.0. The number of anilines is 1. The van der Waals surface area contributed by atoms with E-state index in [0.717, 1.165) is 60.9 Å². The molecule has 1 aliphatic heterocycles. The molecular formula is C24H28N2O4S. The summed E-state index contributed by atoms with van der Waals surface area (Å²) in [6, 6.07) is 8.77. The van der Waals surface area contributed by atoms with Gasteiger partial charge in [-0.25, -0.2) is 13.2 Å². The van der Waals surface area contributed by atoms with Crippen molar-refractivity contribution in [3.8, 4) is 0 Å². The standard InChI is InChI=1S/C24H28N2O4S/c1-15-7-8-16(2)22-21(15)17(3)14-24(11-5-4-6-12-24)26(22)31(28,29)18-9-10-19-20(13-18)30-23(27)25-19/h7-10,13,17H,4-6,11-12,14H2,1-3H3,(H,25,27). The molecule has 0 amide bonds. The summed E-state index contributed by atoms with van der Waals surface area (Å²) in [5.41, 5.74) is 4.42. The van der Waals surface area contributed by atoms with Crippen LogP contribution in [0.3, 0.4) is 0 Å². The van der Waals surface area contributed by atoms with Crippen LogP contribution in [0, 0.1) is 13.8 Å². The number of nitrogens with zero attached hydrogens (tertiary/aromatic N) is 1. The van der Waals surface area contributed by atoms with Crippen molar-refractivity contribution in [3.05, 3.63) is 57.6 Å². The highest BCUT2D eigenvalue weighted by Crippen LogP contribution is 2.53. The fourth-order valence-corrected chi connectivity index (χ4v) is 7.84. The van der Waals surface area contributed by atoms with Crippen LogP contribution in [0.1, 0.15) is 68.1 Å². The number of benzene rings is 2. The molecule has 1 spiro atoms. The van der Waals surface area contributed by atoms with Gasteiger partial charge in [-0.05, 0) is 67.9 Å². The number of aromatic nitrogens is 1. The minimum atomic E-state index is -3.87. The van der Waals surface area contributed by atoms with Crippen molar-refractivity contribution >= 4 is 26.8 Å². The highest BCUT2D eigenvalue weighted by atomic mass is 32.2. The smallest absolute Gasteiger partial charge is 0.408 e. The molecule has 1 aliphatic carbocycles. The van der Waals surface area contributed by atoms with E-state index in [2.05, 4.69) is 24.9 Å². The van der Waals surface area contributed by atoms with Gasteiger partial charge < -0.3 is 4.42 Å². The Balaban J connectivity index is 1.77. The Hall–Kier alpha value is -2.54. The molecule has 1 aromatic heterocycles. The molecule has 0 radical (unpaired) electrons. The monoisotopic (exact) mass is 440 g/mol. The zero-order valence-electron chi connectivity index (χ0n) is 18.2. The van der Waals surface area contributed by atoms with Crippen LogP contribution in [0.2, 0.25) is 0 Å². The van der Waals surface area contributed by atoms with Gasteiger partial charge in [0.05, 0.1) is 21.6 Å². The van der Waals surface area contributed by atoms with E-state index < -0.39 is 21.3 Å². The largest absolute Gasteiger partial charge is 0.417 e. The second-order valence-corrected chi connectivity index (χ2v) is 11.1. The molecule has 3 aromatic rings.